The van der Waals surface area contributed by atoms with Gasteiger partial charge in [0.05, 0.1) is 6.42 Å². The standard InChI is InChI=1S/C5H6NO/c1-4-3-7-5(1)2-6-4/h4-5H,1,3H2/q+1/t4-,5-/m0/s1. The van der Waals surface area contributed by atoms with Crippen molar-refractivity contribution in [2.75, 3.05) is 6.61 Å². The Morgan fingerprint density at radius 1 is 1.71 bits per heavy atom. The average Bonchev–Trinajstić information content (AvgIpc) is 2.22. The van der Waals surface area contributed by atoms with Crippen LogP contribution in [0.5, 0.6) is 0 Å². The second-order valence-corrected chi connectivity index (χ2v) is 1.97. The first-order valence-corrected chi connectivity index (χ1v) is 2.52. The molecule has 2 aliphatic rings. The summed E-state index contributed by atoms with van der Waals surface area (Å²) in [6.07, 6.45) is 1.34. The predicted molar refractivity (Wildman–Crippen MR) is 25.4 cm³/mol. The van der Waals surface area contributed by atoms with Crippen LogP contribution in [0.2, 0.25) is 0 Å². The first kappa shape index (κ1) is 3.45. The molecule has 0 N–H and O–H groups in total. The molecule has 0 saturated carbocycles. The van der Waals surface area contributed by atoms with E-state index in [1.54, 1.807) is 0 Å². The van der Waals surface area contributed by atoms with Crippen molar-refractivity contribution in [2.24, 2.45) is 0 Å². The van der Waals surface area contributed by atoms with Crippen LogP contribution in [0.3, 0.4) is 0 Å². The maximum absolute atomic E-state index is 5.15. The van der Waals surface area contributed by atoms with Crippen LogP contribution in [0.4, 0.5) is 0 Å². The molecule has 2 aliphatic heterocycles. The van der Waals surface area contributed by atoms with E-state index in [1.807, 2.05) is 0 Å². The summed E-state index contributed by atoms with van der Waals surface area (Å²) >= 11 is 0. The van der Waals surface area contributed by atoms with Gasteiger partial charge in [-0.1, -0.05) is 4.85 Å². The molecule has 2 atom stereocenters. The summed E-state index contributed by atoms with van der Waals surface area (Å²) in [4.78, 5) is 4.03. The van der Waals surface area contributed by atoms with Crippen molar-refractivity contribution in [1.29, 1.82) is 0 Å². The summed E-state index contributed by atoms with van der Waals surface area (Å²) in [6.45, 7) is 0.831. The predicted octanol–water partition coefficient (Wildman–Crippen LogP) is 0.490. The summed E-state index contributed by atoms with van der Waals surface area (Å²) in [6, 6.07) is 3.32. The molecule has 0 aromatic carbocycles. The van der Waals surface area contributed by atoms with Crippen molar-refractivity contribution in [3.05, 3.63) is 4.85 Å². The lowest BCUT2D eigenvalue weighted by Crippen LogP contribution is -2.00. The molecule has 7 heavy (non-hydrogen) atoms. The molecular weight excluding hydrogens is 90.1 g/mol. The molecule has 1 fully saturated rings. The van der Waals surface area contributed by atoms with E-state index in [1.165, 1.54) is 0 Å². The number of hydrogen-bond donors (Lipinski definition) is 0. The van der Waals surface area contributed by atoms with Crippen molar-refractivity contribution >= 4 is 0 Å². The Bertz CT molecular complexity index is 130. The van der Waals surface area contributed by atoms with Crippen molar-refractivity contribution < 1.29 is 4.74 Å². The van der Waals surface area contributed by atoms with Gasteiger partial charge in [0.25, 0.3) is 6.04 Å². The molecule has 36 valence electrons. The number of ether oxygens (including phenoxy) is 1. The van der Waals surface area contributed by atoms with Gasteiger partial charge in [-0.05, 0) is 0 Å². The molecule has 2 rings (SSSR count). The maximum atomic E-state index is 5.15. The van der Waals surface area contributed by atoms with Crippen LogP contribution in [0.1, 0.15) is 6.42 Å². The smallest absolute Gasteiger partial charge is 0.305 e. The van der Waals surface area contributed by atoms with Gasteiger partial charge in [-0.25, -0.2) is 0 Å². The average molecular weight is 96.1 g/mol. The van der Waals surface area contributed by atoms with Gasteiger partial charge in [-0.3, -0.25) is 0 Å². The Labute approximate surface area is 41.9 Å². The van der Waals surface area contributed by atoms with Gasteiger partial charge in [0.1, 0.15) is 6.61 Å². The molecule has 0 aromatic rings. The third-order valence-corrected chi connectivity index (χ3v) is 1.38. The highest BCUT2D eigenvalue weighted by molar-refractivity contribution is 5.12. The summed E-state index contributed by atoms with van der Waals surface area (Å²) in [5.41, 5.74) is 0. The fourth-order valence-corrected chi connectivity index (χ4v) is 0.979. The topological polar surface area (TPSA) is 13.6 Å². The molecule has 0 unspecified atom stereocenters. The molecule has 2 nitrogen and oxygen atoms in total. The van der Waals surface area contributed by atoms with Crippen LogP contribution in [0, 0.1) is 6.07 Å². The molecule has 2 bridgehead atoms. The van der Waals surface area contributed by atoms with E-state index in [9.17, 15) is 0 Å². The van der Waals surface area contributed by atoms with E-state index in [0.29, 0.717) is 6.04 Å². The SMILES string of the molecule is C1#[N+][C@@H]2CO[C@H]1C2. The number of fused-ring (bicyclic) bond motifs is 2. The van der Waals surface area contributed by atoms with Crippen LogP contribution < -0.4 is 0 Å². The van der Waals surface area contributed by atoms with Crippen molar-refractivity contribution in [1.82, 2.24) is 0 Å². The molecule has 0 aliphatic carbocycles. The summed E-state index contributed by atoms with van der Waals surface area (Å²) in [5.74, 6) is 0. The van der Waals surface area contributed by atoms with Gasteiger partial charge in [-0.2, -0.15) is 0 Å². The highest BCUT2D eigenvalue weighted by Gasteiger charge is 2.39. The first-order valence-electron chi connectivity index (χ1n) is 2.52. The van der Waals surface area contributed by atoms with Gasteiger partial charge in [0.2, 0.25) is 0 Å². The second kappa shape index (κ2) is 0.988. The highest BCUT2D eigenvalue weighted by atomic mass is 16.5. The summed E-state index contributed by atoms with van der Waals surface area (Å²) in [7, 11) is 0. The zero-order valence-corrected chi connectivity index (χ0v) is 3.92. The van der Waals surface area contributed by atoms with Crippen LogP contribution in [-0.2, 0) is 4.74 Å². The Kier molecular flexibility index (Phi) is 0.487. The first-order chi connectivity index (χ1) is 3.45. The van der Waals surface area contributed by atoms with Crippen LogP contribution in [0.15, 0.2) is 0 Å². The number of hydrogen-bond acceptors (Lipinski definition) is 1. The van der Waals surface area contributed by atoms with Crippen LogP contribution in [-0.4, -0.2) is 18.8 Å². The molecule has 0 amide bonds. The van der Waals surface area contributed by atoms with Gasteiger partial charge < -0.3 is 4.74 Å². The molecule has 0 radical (unpaired) electrons. The summed E-state index contributed by atoms with van der Waals surface area (Å²) in [5, 5.41) is 0. The van der Waals surface area contributed by atoms with Crippen molar-refractivity contribution in [3.8, 4) is 6.07 Å². The Hall–Kier alpha value is -0.550. The third-order valence-electron chi connectivity index (χ3n) is 1.38. The second-order valence-electron chi connectivity index (χ2n) is 1.97. The highest BCUT2D eigenvalue weighted by Crippen LogP contribution is 2.20. The third kappa shape index (κ3) is 0.359. The molecule has 0 spiro atoms. The monoisotopic (exact) mass is 96.0 g/mol. The largest absolute Gasteiger partial charge is 0.350 e. The fraction of sp³-hybridized carbons (Fsp3) is 0.800. The number of nitrogens with zero attached hydrogens (tertiary/aromatic N) is 1. The van der Waals surface area contributed by atoms with E-state index >= 15 is 0 Å². The van der Waals surface area contributed by atoms with E-state index in [4.69, 9.17) is 4.74 Å². The molecule has 2 heterocycles. The fourth-order valence-electron chi connectivity index (χ4n) is 0.979. The molecule has 2 heteroatoms. The van der Waals surface area contributed by atoms with Crippen LogP contribution in [0.25, 0.3) is 4.85 Å². The van der Waals surface area contributed by atoms with Gasteiger partial charge in [0.15, 0.2) is 6.10 Å². The normalized spacial score (nSPS) is 43.4. The maximum Gasteiger partial charge on any atom is 0.305 e. The quantitative estimate of drug-likeness (QED) is 0.428. The molecule has 1 saturated heterocycles. The van der Waals surface area contributed by atoms with E-state index in [2.05, 4.69) is 10.9 Å². The van der Waals surface area contributed by atoms with E-state index in [-0.39, 0.29) is 6.10 Å². The Morgan fingerprint density at radius 3 is 2.86 bits per heavy atom. The van der Waals surface area contributed by atoms with Crippen molar-refractivity contribution in [3.63, 3.8) is 0 Å². The van der Waals surface area contributed by atoms with Gasteiger partial charge in [0, 0.05) is 0 Å². The minimum absolute atomic E-state index is 0.255. The zero-order chi connectivity index (χ0) is 4.69. The van der Waals surface area contributed by atoms with E-state index < -0.39 is 0 Å². The molecular formula is C5H6NO+. The van der Waals surface area contributed by atoms with Gasteiger partial charge in [-0.15, -0.1) is 0 Å². The van der Waals surface area contributed by atoms with Crippen molar-refractivity contribution in [2.45, 2.75) is 18.6 Å². The van der Waals surface area contributed by atoms with Crippen LogP contribution >= 0.6 is 0 Å². The number of rotatable bonds is 0. The minimum Gasteiger partial charge on any atom is -0.350 e. The minimum atomic E-state index is 0.255. The van der Waals surface area contributed by atoms with E-state index in [0.717, 1.165) is 13.0 Å². The Morgan fingerprint density at radius 2 is 2.71 bits per heavy atom. The molecule has 0 aromatic heterocycles. The lowest BCUT2D eigenvalue weighted by molar-refractivity contribution is 0.147. The van der Waals surface area contributed by atoms with Gasteiger partial charge >= 0.3 is 6.07 Å². The summed E-state index contributed by atoms with van der Waals surface area (Å²) < 4.78 is 5.15. The lowest BCUT2D eigenvalue weighted by atomic mass is 10.2. The zero-order valence-electron chi connectivity index (χ0n) is 3.92. The Balaban J connectivity index is 2.33. The lowest BCUT2D eigenvalue weighted by Gasteiger charge is -1.87.